The summed E-state index contributed by atoms with van der Waals surface area (Å²) < 4.78 is 28.1. The molecule has 3 aromatic carbocycles. The van der Waals surface area contributed by atoms with Gasteiger partial charge in [0.25, 0.3) is 10.0 Å². The van der Waals surface area contributed by atoms with Crippen LogP contribution in [0, 0.1) is 6.92 Å². The quantitative estimate of drug-likeness (QED) is 0.489. The molecule has 0 atom stereocenters. The minimum absolute atomic E-state index is 0.0425. The summed E-state index contributed by atoms with van der Waals surface area (Å²) in [6.45, 7) is 2.29. The Morgan fingerprint density at radius 3 is 2.49 bits per heavy atom. The number of nitrogens with one attached hydrogen (secondary N) is 1. The number of carbonyl (C=O) groups is 2. The zero-order valence-electron chi connectivity index (χ0n) is 19.3. The van der Waals surface area contributed by atoms with Crippen molar-refractivity contribution in [1.82, 2.24) is 5.32 Å². The van der Waals surface area contributed by atoms with Gasteiger partial charge in [0, 0.05) is 30.2 Å². The Labute approximate surface area is 210 Å². The van der Waals surface area contributed by atoms with E-state index in [1.165, 1.54) is 24.3 Å². The number of hydrogen-bond acceptors (Lipinski definition) is 4. The first-order valence-electron chi connectivity index (χ1n) is 11.3. The number of carbonyl (C=O) groups excluding carboxylic acids is 2. The number of para-hydroxylation sites is 1. The molecule has 1 heterocycles. The highest BCUT2D eigenvalue weighted by Crippen LogP contribution is 2.27. The second-order valence-electron chi connectivity index (χ2n) is 8.35. The number of amides is 2. The maximum absolute atomic E-state index is 13.5. The molecule has 7 nitrogen and oxygen atoms in total. The summed E-state index contributed by atoms with van der Waals surface area (Å²) in [7, 11) is -4.03. The van der Waals surface area contributed by atoms with Crippen molar-refractivity contribution in [2.45, 2.75) is 31.2 Å². The van der Waals surface area contributed by atoms with Gasteiger partial charge in [-0.2, -0.15) is 0 Å². The molecular formula is C26H26ClN3O4S. The van der Waals surface area contributed by atoms with Crippen molar-refractivity contribution in [2.24, 2.45) is 0 Å². The minimum atomic E-state index is -4.03. The summed E-state index contributed by atoms with van der Waals surface area (Å²) in [4.78, 5) is 26.8. The van der Waals surface area contributed by atoms with E-state index in [1.54, 1.807) is 30.0 Å². The Hall–Kier alpha value is -3.36. The molecule has 0 aliphatic carbocycles. The summed E-state index contributed by atoms with van der Waals surface area (Å²) in [6, 6.07) is 20.3. The highest BCUT2D eigenvalue weighted by Gasteiger charge is 2.28. The number of anilines is 2. The lowest BCUT2D eigenvalue weighted by Gasteiger charge is -2.25. The van der Waals surface area contributed by atoms with Crippen LogP contribution in [0.25, 0.3) is 0 Å². The number of benzene rings is 3. The van der Waals surface area contributed by atoms with Crippen molar-refractivity contribution >= 4 is 44.8 Å². The molecule has 0 radical (unpaired) electrons. The number of hydrogen-bond donors (Lipinski definition) is 1. The smallest absolute Gasteiger partial charge is 0.264 e. The molecule has 0 bridgehead atoms. The summed E-state index contributed by atoms with van der Waals surface area (Å²) in [5.74, 6) is -0.360. The molecular weight excluding hydrogens is 486 g/mol. The van der Waals surface area contributed by atoms with Gasteiger partial charge >= 0.3 is 0 Å². The Kier molecular flexibility index (Phi) is 7.42. The average Bonchev–Trinajstić information content (AvgIpc) is 3.28. The van der Waals surface area contributed by atoms with Crippen LogP contribution in [0.5, 0.6) is 0 Å². The van der Waals surface area contributed by atoms with E-state index in [9.17, 15) is 18.0 Å². The largest absolute Gasteiger partial charge is 0.350 e. The maximum atomic E-state index is 13.5. The lowest BCUT2D eigenvalue weighted by Crippen LogP contribution is -2.41. The summed E-state index contributed by atoms with van der Waals surface area (Å²) in [5, 5.41) is 3.23. The fourth-order valence-corrected chi connectivity index (χ4v) is 5.63. The van der Waals surface area contributed by atoms with Crippen LogP contribution in [0.2, 0.25) is 5.02 Å². The molecule has 0 aromatic heterocycles. The van der Waals surface area contributed by atoms with Crippen LogP contribution < -0.4 is 14.5 Å². The van der Waals surface area contributed by atoms with E-state index in [1.807, 2.05) is 30.3 Å². The third-order valence-electron chi connectivity index (χ3n) is 5.86. The van der Waals surface area contributed by atoms with Crippen molar-refractivity contribution in [3.63, 3.8) is 0 Å². The first-order valence-corrected chi connectivity index (χ1v) is 13.1. The topological polar surface area (TPSA) is 86.8 Å². The molecule has 0 saturated carbocycles. The van der Waals surface area contributed by atoms with Gasteiger partial charge < -0.3 is 10.2 Å². The van der Waals surface area contributed by atoms with Crippen molar-refractivity contribution in [2.75, 3.05) is 22.3 Å². The van der Waals surface area contributed by atoms with E-state index in [-0.39, 0.29) is 23.9 Å². The van der Waals surface area contributed by atoms with Crippen LogP contribution in [0.4, 0.5) is 11.4 Å². The van der Waals surface area contributed by atoms with Gasteiger partial charge in [0.15, 0.2) is 0 Å². The van der Waals surface area contributed by atoms with E-state index in [4.69, 9.17) is 11.6 Å². The van der Waals surface area contributed by atoms with Crippen molar-refractivity contribution in [3.05, 3.63) is 88.9 Å². The van der Waals surface area contributed by atoms with Crippen LogP contribution in [0.15, 0.2) is 77.7 Å². The molecule has 1 aliphatic rings. The Morgan fingerprint density at radius 1 is 1.06 bits per heavy atom. The SMILES string of the molecule is Cc1ccccc1N(CC(=O)NCc1cccc(N2CCCC2=O)c1)S(=O)(=O)c1ccc(Cl)cc1. The molecule has 1 N–H and O–H groups in total. The first kappa shape index (κ1) is 24.8. The van der Waals surface area contributed by atoms with Crippen LogP contribution in [-0.2, 0) is 26.2 Å². The number of halogens is 1. The average molecular weight is 512 g/mol. The van der Waals surface area contributed by atoms with Gasteiger partial charge in [-0.1, -0.05) is 41.9 Å². The van der Waals surface area contributed by atoms with Crippen molar-refractivity contribution in [1.29, 1.82) is 0 Å². The molecule has 9 heteroatoms. The molecule has 1 saturated heterocycles. The molecule has 1 aliphatic heterocycles. The highest BCUT2D eigenvalue weighted by molar-refractivity contribution is 7.92. The molecule has 1 fully saturated rings. The molecule has 4 rings (SSSR count). The van der Waals surface area contributed by atoms with Gasteiger partial charge in [0.1, 0.15) is 6.54 Å². The molecule has 3 aromatic rings. The van der Waals surface area contributed by atoms with Gasteiger partial charge in [0.05, 0.1) is 10.6 Å². The predicted octanol–water partition coefficient (Wildman–Crippen LogP) is 4.29. The monoisotopic (exact) mass is 511 g/mol. The molecule has 0 unspecified atom stereocenters. The third kappa shape index (κ3) is 5.66. The molecule has 35 heavy (non-hydrogen) atoms. The second-order valence-corrected chi connectivity index (χ2v) is 10.6. The number of rotatable bonds is 8. The predicted molar refractivity (Wildman–Crippen MR) is 137 cm³/mol. The number of sulfonamides is 1. The fourth-order valence-electron chi connectivity index (χ4n) is 4.02. The second kappa shape index (κ2) is 10.5. The number of aryl methyl sites for hydroxylation is 1. The van der Waals surface area contributed by atoms with Crippen LogP contribution >= 0.6 is 11.6 Å². The minimum Gasteiger partial charge on any atom is -0.350 e. The highest BCUT2D eigenvalue weighted by atomic mass is 35.5. The number of nitrogens with zero attached hydrogens (tertiary/aromatic N) is 2. The van der Waals surface area contributed by atoms with E-state index >= 15 is 0 Å². The summed E-state index contributed by atoms with van der Waals surface area (Å²) in [6.07, 6.45) is 1.37. The van der Waals surface area contributed by atoms with Crippen LogP contribution in [0.3, 0.4) is 0 Å². The first-order chi connectivity index (χ1) is 16.8. The van der Waals surface area contributed by atoms with Gasteiger partial charge in [0.2, 0.25) is 11.8 Å². The van der Waals surface area contributed by atoms with Gasteiger partial charge in [-0.25, -0.2) is 8.42 Å². The third-order valence-corrected chi connectivity index (χ3v) is 7.88. The van der Waals surface area contributed by atoms with Crippen molar-refractivity contribution in [3.8, 4) is 0 Å². The van der Waals surface area contributed by atoms with E-state index in [0.717, 1.165) is 27.5 Å². The zero-order valence-corrected chi connectivity index (χ0v) is 20.8. The lowest BCUT2D eigenvalue weighted by atomic mass is 10.2. The van der Waals surface area contributed by atoms with Gasteiger partial charge in [-0.05, 0) is 66.9 Å². The lowest BCUT2D eigenvalue weighted by molar-refractivity contribution is -0.120. The standard InChI is InChI=1S/C26H26ClN3O4S/c1-19-6-2-3-9-24(19)30(35(33,34)23-13-11-21(27)12-14-23)18-25(31)28-17-20-7-4-8-22(16-20)29-15-5-10-26(29)32/h2-4,6-9,11-14,16H,5,10,15,17-18H2,1H3,(H,28,31). The van der Waals surface area contributed by atoms with E-state index in [2.05, 4.69) is 5.32 Å². The van der Waals surface area contributed by atoms with Crippen LogP contribution in [-0.4, -0.2) is 33.3 Å². The van der Waals surface area contributed by atoms with Gasteiger partial charge in [-0.15, -0.1) is 0 Å². The summed E-state index contributed by atoms with van der Waals surface area (Å²) in [5.41, 5.74) is 2.76. The fraction of sp³-hybridized carbons (Fsp3) is 0.231. The van der Waals surface area contributed by atoms with Crippen molar-refractivity contribution < 1.29 is 18.0 Å². The normalized spacial score (nSPS) is 13.7. The Morgan fingerprint density at radius 2 is 1.80 bits per heavy atom. The zero-order chi connectivity index (χ0) is 25.0. The van der Waals surface area contributed by atoms with Crippen LogP contribution in [0.1, 0.15) is 24.0 Å². The Bertz CT molecular complexity index is 1340. The van der Waals surface area contributed by atoms with E-state index in [0.29, 0.717) is 23.7 Å². The maximum Gasteiger partial charge on any atom is 0.264 e. The molecule has 2 amide bonds. The van der Waals surface area contributed by atoms with E-state index < -0.39 is 15.9 Å². The Balaban J connectivity index is 1.53. The molecule has 0 spiro atoms. The molecule has 182 valence electrons. The van der Waals surface area contributed by atoms with Gasteiger partial charge in [-0.3, -0.25) is 13.9 Å². The summed E-state index contributed by atoms with van der Waals surface area (Å²) >= 11 is 5.93.